The Labute approximate surface area is 231 Å². The highest BCUT2D eigenvalue weighted by molar-refractivity contribution is 5.88. The largest absolute Gasteiger partial charge is 0.481 e. The van der Waals surface area contributed by atoms with Crippen molar-refractivity contribution >= 4 is 23.9 Å². The van der Waals surface area contributed by atoms with Crippen molar-refractivity contribution in [2.24, 2.45) is 0 Å². The standard InChI is InChI=1S/C29H35F2N3O6/c1-29(2,3)40-28(39)33-22(13-20-6-4-5-7-23(20)31)15-25(35)34-17-21(30)14-24(34)27(38)32-16-19-10-8-18(9-11-19)12-26(36)37/h4-11,21-22,24H,12-17H2,1-3H3,(H,32,38)(H,33,39)(H,36,37)/t21-,22+,24+/m0/s1. The molecule has 3 rings (SSSR count). The second-order valence-electron chi connectivity index (χ2n) is 10.8. The number of likely N-dealkylation sites (tertiary alicyclic amines) is 1. The maximum absolute atomic E-state index is 14.4. The molecular formula is C29H35F2N3O6. The number of hydrogen-bond donors (Lipinski definition) is 3. The molecule has 1 aliphatic heterocycles. The summed E-state index contributed by atoms with van der Waals surface area (Å²) in [7, 11) is 0. The van der Waals surface area contributed by atoms with Gasteiger partial charge in [0.1, 0.15) is 23.6 Å². The van der Waals surface area contributed by atoms with Crippen molar-refractivity contribution in [2.75, 3.05) is 6.54 Å². The summed E-state index contributed by atoms with van der Waals surface area (Å²) in [6, 6.07) is 10.7. The lowest BCUT2D eigenvalue weighted by molar-refractivity contribution is -0.139. The molecular weight excluding hydrogens is 524 g/mol. The van der Waals surface area contributed by atoms with Gasteiger partial charge in [0.2, 0.25) is 11.8 Å². The van der Waals surface area contributed by atoms with Crippen LogP contribution in [0.1, 0.15) is 50.3 Å². The molecule has 9 nitrogen and oxygen atoms in total. The second kappa shape index (κ2) is 13.4. The fourth-order valence-electron chi connectivity index (χ4n) is 4.47. The number of carboxylic acids is 1. The zero-order valence-corrected chi connectivity index (χ0v) is 22.8. The van der Waals surface area contributed by atoms with Crippen LogP contribution in [0.15, 0.2) is 48.5 Å². The van der Waals surface area contributed by atoms with Gasteiger partial charge in [-0.05, 0) is 49.9 Å². The molecule has 1 aliphatic rings. The second-order valence-corrected chi connectivity index (χ2v) is 10.8. The van der Waals surface area contributed by atoms with Crippen molar-refractivity contribution in [1.82, 2.24) is 15.5 Å². The summed E-state index contributed by atoms with van der Waals surface area (Å²) < 4.78 is 34.1. The SMILES string of the molecule is CC(C)(C)OC(=O)N[C@@H](CC(=O)N1C[C@@H](F)C[C@@H]1C(=O)NCc1ccc(CC(=O)O)cc1)Cc1ccccc1F. The molecule has 2 aromatic rings. The molecule has 0 aromatic heterocycles. The Hall–Kier alpha value is -4.02. The number of benzene rings is 2. The summed E-state index contributed by atoms with van der Waals surface area (Å²) >= 11 is 0. The molecule has 216 valence electrons. The van der Waals surface area contributed by atoms with E-state index in [1.165, 1.54) is 12.1 Å². The Balaban J connectivity index is 1.67. The van der Waals surface area contributed by atoms with Gasteiger partial charge in [0.05, 0.1) is 13.0 Å². The summed E-state index contributed by atoms with van der Waals surface area (Å²) in [5, 5.41) is 14.2. The fourth-order valence-corrected chi connectivity index (χ4v) is 4.47. The van der Waals surface area contributed by atoms with Crippen molar-refractivity contribution in [2.45, 2.75) is 76.9 Å². The van der Waals surface area contributed by atoms with Crippen LogP contribution in [0, 0.1) is 5.82 Å². The number of amides is 3. The fraction of sp³-hybridized carbons (Fsp3) is 0.448. The first-order chi connectivity index (χ1) is 18.8. The van der Waals surface area contributed by atoms with Gasteiger partial charge in [0.25, 0.3) is 0 Å². The highest BCUT2D eigenvalue weighted by Gasteiger charge is 2.40. The molecule has 0 aliphatic carbocycles. The Morgan fingerprint density at radius 2 is 1.73 bits per heavy atom. The lowest BCUT2D eigenvalue weighted by Crippen LogP contribution is -2.48. The van der Waals surface area contributed by atoms with Gasteiger partial charge in [0.15, 0.2) is 0 Å². The third-order valence-corrected chi connectivity index (χ3v) is 6.28. The predicted octanol–water partition coefficient (Wildman–Crippen LogP) is 3.53. The molecule has 2 aromatic carbocycles. The smallest absolute Gasteiger partial charge is 0.407 e. The third-order valence-electron chi connectivity index (χ3n) is 6.28. The molecule has 3 N–H and O–H groups in total. The monoisotopic (exact) mass is 559 g/mol. The van der Waals surface area contributed by atoms with Crippen molar-refractivity contribution in [3.8, 4) is 0 Å². The van der Waals surface area contributed by atoms with E-state index in [1.54, 1.807) is 57.2 Å². The van der Waals surface area contributed by atoms with Gasteiger partial charge >= 0.3 is 12.1 Å². The van der Waals surface area contributed by atoms with Gasteiger partial charge in [-0.2, -0.15) is 0 Å². The Morgan fingerprint density at radius 3 is 2.35 bits per heavy atom. The van der Waals surface area contributed by atoms with Crippen LogP contribution in [0.25, 0.3) is 0 Å². The molecule has 0 bridgehead atoms. The maximum Gasteiger partial charge on any atom is 0.407 e. The van der Waals surface area contributed by atoms with Crippen LogP contribution in [0.5, 0.6) is 0 Å². The summed E-state index contributed by atoms with van der Waals surface area (Å²) in [5.74, 6) is -2.54. The predicted molar refractivity (Wildman–Crippen MR) is 143 cm³/mol. The van der Waals surface area contributed by atoms with Gasteiger partial charge in [0, 0.05) is 25.4 Å². The van der Waals surface area contributed by atoms with E-state index in [0.717, 1.165) is 4.90 Å². The minimum Gasteiger partial charge on any atom is -0.481 e. The van der Waals surface area contributed by atoms with Crippen molar-refractivity contribution in [3.05, 3.63) is 71.0 Å². The maximum atomic E-state index is 14.4. The first-order valence-electron chi connectivity index (χ1n) is 13.0. The number of carboxylic acid groups (broad SMARTS) is 1. The summed E-state index contributed by atoms with van der Waals surface area (Å²) in [5.41, 5.74) is 0.805. The van der Waals surface area contributed by atoms with E-state index in [2.05, 4.69) is 10.6 Å². The molecule has 0 saturated carbocycles. The number of alkyl halides is 1. The summed E-state index contributed by atoms with van der Waals surface area (Å²) in [6.45, 7) is 4.88. The van der Waals surface area contributed by atoms with E-state index < -0.39 is 53.6 Å². The van der Waals surface area contributed by atoms with E-state index in [4.69, 9.17) is 9.84 Å². The van der Waals surface area contributed by atoms with Crippen molar-refractivity contribution in [1.29, 1.82) is 0 Å². The number of nitrogens with one attached hydrogen (secondary N) is 2. The van der Waals surface area contributed by atoms with Crippen molar-refractivity contribution in [3.63, 3.8) is 0 Å². The molecule has 40 heavy (non-hydrogen) atoms. The number of alkyl carbamates (subject to hydrolysis) is 1. The normalized spacial score (nSPS) is 17.7. The molecule has 1 fully saturated rings. The number of carbonyl (C=O) groups is 4. The molecule has 0 radical (unpaired) electrons. The summed E-state index contributed by atoms with van der Waals surface area (Å²) in [6.07, 6.45) is -2.79. The lowest BCUT2D eigenvalue weighted by Gasteiger charge is -2.27. The minimum atomic E-state index is -1.40. The van der Waals surface area contributed by atoms with Crippen LogP contribution in [0.4, 0.5) is 13.6 Å². The van der Waals surface area contributed by atoms with Gasteiger partial charge < -0.3 is 25.4 Å². The highest BCUT2D eigenvalue weighted by Crippen LogP contribution is 2.23. The molecule has 1 saturated heterocycles. The van der Waals surface area contributed by atoms with E-state index in [-0.39, 0.29) is 44.3 Å². The number of hydrogen-bond acceptors (Lipinski definition) is 5. The molecule has 1 heterocycles. The van der Waals surface area contributed by atoms with E-state index in [1.807, 2.05) is 0 Å². The quantitative estimate of drug-likeness (QED) is 0.409. The Morgan fingerprint density at radius 1 is 1.07 bits per heavy atom. The number of aliphatic carboxylic acids is 1. The van der Waals surface area contributed by atoms with Gasteiger partial charge in [-0.1, -0.05) is 42.5 Å². The highest BCUT2D eigenvalue weighted by atomic mass is 19.1. The molecule has 0 spiro atoms. The zero-order chi connectivity index (χ0) is 29.4. The van der Waals surface area contributed by atoms with Gasteiger partial charge in [-0.15, -0.1) is 0 Å². The first kappa shape index (κ1) is 30.5. The zero-order valence-electron chi connectivity index (χ0n) is 22.8. The van der Waals surface area contributed by atoms with Crippen LogP contribution in [0.3, 0.4) is 0 Å². The Bertz CT molecular complexity index is 1210. The first-order valence-corrected chi connectivity index (χ1v) is 13.0. The molecule has 11 heteroatoms. The average Bonchev–Trinajstić information content (AvgIpc) is 3.25. The third kappa shape index (κ3) is 9.32. The number of nitrogens with zero attached hydrogens (tertiary/aromatic N) is 1. The van der Waals surface area contributed by atoms with Gasteiger partial charge in [-0.3, -0.25) is 14.4 Å². The molecule has 3 atom stereocenters. The van der Waals surface area contributed by atoms with Crippen LogP contribution in [-0.2, 0) is 38.5 Å². The average molecular weight is 560 g/mol. The van der Waals surface area contributed by atoms with Crippen LogP contribution >= 0.6 is 0 Å². The Kier molecular flexibility index (Phi) is 10.2. The number of carbonyl (C=O) groups excluding carboxylic acids is 3. The number of halogens is 2. The van der Waals surface area contributed by atoms with E-state index in [0.29, 0.717) is 11.1 Å². The van der Waals surface area contributed by atoms with E-state index >= 15 is 0 Å². The van der Waals surface area contributed by atoms with E-state index in [9.17, 15) is 28.0 Å². The van der Waals surface area contributed by atoms with Crippen molar-refractivity contribution < 1.29 is 37.8 Å². The van der Waals surface area contributed by atoms with Gasteiger partial charge in [-0.25, -0.2) is 13.6 Å². The topological polar surface area (TPSA) is 125 Å². The lowest BCUT2D eigenvalue weighted by atomic mass is 10.0. The minimum absolute atomic E-state index is 0.0146. The van der Waals surface area contributed by atoms with Crippen LogP contribution in [-0.4, -0.2) is 64.3 Å². The van der Waals surface area contributed by atoms with Crippen LogP contribution in [0.2, 0.25) is 0 Å². The number of ether oxygens (including phenoxy) is 1. The number of rotatable bonds is 10. The van der Waals surface area contributed by atoms with Crippen LogP contribution < -0.4 is 10.6 Å². The molecule has 3 amide bonds. The summed E-state index contributed by atoms with van der Waals surface area (Å²) in [4.78, 5) is 50.7. The molecule has 0 unspecified atom stereocenters.